The van der Waals surface area contributed by atoms with Crippen molar-refractivity contribution in [2.75, 3.05) is 12.8 Å². The number of amides is 1. The van der Waals surface area contributed by atoms with Crippen molar-refractivity contribution in [2.45, 2.75) is 13.8 Å². The Kier molecular flexibility index (Phi) is 2.85. The van der Waals surface area contributed by atoms with Gasteiger partial charge in [0.05, 0.1) is 5.92 Å². The molecule has 1 atom stereocenters. The van der Waals surface area contributed by atoms with Gasteiger partial charge in [-0.3, -0.25) is 4.79 Å². The van der Waals surface area contributed by atoms with Crippen molar-refractivity contribution in [1.82, 2.24) is 5.32 Å². The molecule has 1 aliphatic rings. The quantitative estimate of drug-likeness (QED) is 0.491. The molecule has 1 unspecified atom stereocenters. The first-order valence-electron chi connectivity index (χ1n) is 4.09. The molecule has 74 valence electrons. The number of oxime groups is 1. The zero-order valence-corrected chi connectivity index (χ0v) is 8.81. The van der Waals surface area contributed by atoms with E-state index in [1.807, 2.05) is 13.8 Å². The van der Waals surface area contributed by atoms with Crippen molar-refractivity contribution >= 4 is 22.7 Å². The Hall–Kier alpha value is -0.710. The molecule has 0 saturated carbocycles. The molecular formula is C8H14N2O2S. The summed E-state index contributed by atoms with van der Waals surface area (Å²) in [6.45, 7) is 4.00. The average Bonchev–Trinajstić information content (AvgIpc) is 2.39. The Morgan fingerprint density at radius 2 is 2.38 bits per heavy atom. The summed E-state index contributed by atoms with van der Waals surface area (Å²) in [5.74, 6) is 0.417. The smallest absolute Gasteiger partial charge is 0.230 e. The summed E-state index contributed by atoms with van der Waals surface area (Å²) < 4.78 is 0. The van der Waals surface area contributed by atoms with Gasteiger partial charge in [-0.1, -0.05) is 19.0 Å². The van der Waals surface area contributed by atoms with Crippen LogP contribution in [0.5, 0.6) is 0 Å². The maximum Gasteiger partial charge on any atom is 0.230 e. The molecule has 0 aliphatic carbocycles. The molecule has 0 aromatic heterocycles. The van der Waals surface area contributed by atoms with E-state index >= 15 is 0 Å². The third kappa shape index (κ3) is 1.80. The summed E-state index contributed by atoms with van der Waals surface area (Å²) in [4.78, 5) is 11.5. The Labute approximate surface area is 81.8 Å². The van der Waals surface area contributed by atoms with Crippen molar-refractivity contribution in [3.63, 3.8) is 0 Å². The van der Waals surface area contributed by atoms with Gasteiger partial charge in [0.2, 0.25) is 5.91 Å². The van der Waals surface area contributed by atoms with E-state index < -0.39 is 0 Å². The van der Waals surface area contributed by atoms with Gasteiger partial charge in [-0.05, 0) is 5.41 Å². The van der Waals surface area contributed by atoms with Crippen LogP contribution in [0.15, 0.2) is 5.16 Å². The molecule has 1 rings (SSSR count). The van der Waals surface area contributed by atoms with Gasteiger partial charge in [0.1, 0.15) is 5.04 Å². The highest BCUT2D eigenvalue weighted by molar-refractivity contribution is 8.14. The normalized spacial score (nSPS) is 29.2. The lowest BCUT2D eigenvalue weighted by molar-refractivity contribution is -0.124. The minimum Gasteiger partial charge on any atom is -0.410 e. The van der Waals surface area contributed by atoms with E-state index in [0.717, 1.165) is 5.75 Å². The number of hydrogen-bond acceptors (Lipinski definition) is 4. The number of hydrogen-bond donors (Lipinski definition) is 2. The van der Waals surface area contributed by atoms with Crippen LogP contribution < -0.4 is 5.32 Å². The maximum atomic E-state index is 11.5. The van der Waals surface area contributed by atoms with Gasteiger partial charge in [0.15, 0.2) is 0 Å². The molecule has 1 fully saturated rings. The van der Waals surface area contributed by atoms with E-state index in [-0.39, 0.29) is 17.2 Å². The highest BCUT2D eigenvalue weighted by Crippen LogP contribution is 2.42. The lowest BCUT2D eigenvalue weighted by Crippen LogP contribution is -2.38. The van der Waals surface area contributed by atoms with Crippen molar-refractivity contribution in [3.05, 3.63) is 0 Å². The molecule has 2 N–H and O–H groups in total. The summed E-state index contributed by atoms with van der Waals surface area (Å²) >= 11 is 1.44. The largest absolute Gasteiger partial charge is 0.410 e. The summed E-state index contributed by atoms with van der Waals surface area (Å²) in [7, 11) is 1.59. The highest BCUT2D eigenvalue weighted by Gasteiger charge is 2.45. The van der Waals surface area contributed by atoms with Gasteiger partial charge in [-0.15, -0.1) is 11.8 Å². The second-order valence-corrected chi connectivity index (χ2v) is 4.76. The third-order valence-electron chi connectivity index (χ3n) is 2.23. The summed E-state index contributed by atoms with van der Waals surface area (Å²) in [6, 6.07) is 0. The minimum atomic E-state index is -0.313. The van der Waals surface area contributed by atoms with Gasteiger partial charge in [0, 0.05) is 12.8 Å². The van der Waals surface area contributed by atoms with Crippen molar-refractivity contribution in [3.8, 4) is 0 Å². The van der Waals surface area contributed by atoms with Crippen LogP contribution in [-0.2, 0) is 4.79 Å². The fourth-order valence-corrected chi connectivity index (χ4v) is 2.80. The topological polar surface area (TPSA) is 61.7 Å². The van der Waals surface area contributed by atoms with Crippen LogP contribution in [0, 0.1) is 11.3 Å². The molecule has 0 aromatic rings. The van der Waals surface area contributed by atoms with Gasteiger partial charge in [0.25, 0.3) is 0 Å². The summed E-state index contributed by atoms with van der Waals surface area (Å²) in [6.07, 6.45) is 0. The van der Waals surface area contributed by atoms with E-state index in [1.54, 1.807) is 7.05 Å². The minimum absolute atomic E-state index is 0.0807. The molecule has 1 amide bonds. The SMILES string of the molecule is CNC(=O)C1C(=NO)SCC1(C)C. The van der Waals surface area contributed by atoms with Gasteiger partial charge in [-0.25, -0.2) is 0 Å². The van der Waals surface area contributed by atoms with Gasteiger partial charge in [-0.2, -0.15) is 0 Å². The van der Waals surface area contributed by atoms with Crippen LogP contribution >= 0.6 is 11.8 Å². The molecule has 5 heteroatoms. The van der Waals surface area contributed by atoms with Crippen LogP contribution in [-0.4, -0.2) is 29.0 Å². The lowest BCUT2D eigenvalue weighted by Gasteiger charge is -2.23. The molecule has 1 heterocycles. The Bertz CT molecular complexity index is 251. The second kappa shape index (κ2) is 3.57. The Morgan fingerprint density at radius 1 is 1.77 bits per heavy atom. The standard InChI is InChI=1S/C8H14N2O2S/c1-8(2)4-13-7(10-12)5(8)6(11)9-3/h5,12H,4H2,1-3H3,(H,9,11). The first kappa shape index (κ1) is 10.4. The first-order valence-corrected chi connectivity index (χ1v) is 5.08. The molecule has 1 aliphatic heterocycles. The van der Waals surface area contributed by atoms with E-state index in [2.05, 4.69) is 10.5 Å². The van der Waals surface area contributed by atoms with Gasteiger partial charge < -0.3 is 10.5 Å². The van der Waals surface area contributed by atoms with E-state index in [4.69, 9.17) is 5.21 Å². The van der Waals surface area contributed by atoms with Crippen molar-refractivity contribution in [2.24, 2.45) is 16.5 Å². The van der Waals surface area contributed by atoms with E-state index in [9.17, 15) is 4.79 Å². The number of nitrogens with zero attached hydrogens (tertiary/aromatic N) is 1. The maximum absolute atomic E-state index is 11.5. The predicted molar refractivity (Wildman–Crippen MR) is 53.0 cm³/mol. The Morgan fingerprint density at radius 3 is 2.85 bits per heavy atom. The molecular weight excluding hydrogens is 188 g/mol. The molecule has 13 heavy (non-hydrogen) atoms. The van der Waals surface area contributed by atoms with Crippen molar-refractivity contribution < 1.29 is 10.0 Å². The number of carbonyl (C=O) groups is 1. The molecule has 1 saturated heterocycles. The number of rotatable bonds is 1. The zero-order chi connectivity index (χ0) is 10.1. The lowest BCUT2D eigenvalue weighted by atomic mass is 9.81. The highest BCUT2D eigenvalue weighted by atomic mass is 32.2. The molecule has 0 spiro atoms. The van der Waals surface area contributed by atoms with Crippen molar-refractivity contribution in [1.29, 1.82) is 0 Å². The average molecular weight is 202 g/mol. The molecule has 0 bridgehead atoms. The molecule has 4 nitrogen and oxygen atoms in total. The van der Waals surface area contributed by atoms with Gasteiger partial charge >= 0.3 is 0 Å². The van der Waals surface area contributed by atoms with Crippen LogP contribution in [0.1, 0.15) is 13.8 Å². The number of carbonyl (C=O) groups excluding carboxylic acids is 1. The van der Waals surface area contributed by atoms with Crippen LogP contribution in [0.25, 0.3) is 0 Å². The predicted octanol–water partition coefficient (Wildman–Crippen LogP) is 0.909. The van der Waals surface area contributed by atoms with E-state index in [0.29, 0.717) is 5.04 Å². The Balaban J connectivity index is 2.93. The first-order chi connectivity index (χ1) is 6.03. The molecule has 0 radical (unpaired) electrons. The van der Waals surface area contributed by atoms with Crippen LogP contribution in [0.4, 0.5) is 0 Å². The van der Waals surface area contributed by atoms with E-state index in [1.165, 1.54) is 11.8 Å². The summed E-state index contributed by atoms with van der Waals surface area (Å²) in [5.41, 5.74) is -0.133. The number of nitrogens with one attached hydrogen (secondary N) is 1. The summed E-state index contributed by atoms with van der Waals surface area (Å²) in [5, 5.41) is 15.0. The van der Waals surface area contributed by atoms with Crippen LogP contribution in [0.2, 0.25) is 0 Å². The fourth-order valence-electron chi connectivity index (χ4n) is 1.46. The molecule has 0 aromatic carbocycles. The zero-order valence-electron chi connectivity index (χ0n) is 8.00. The van der Waals surface area contributed by atoms with Crippen LogP contribution in [0.3, 0.4) is 0 Å². The number of thioether (sulfide) groups is 1. The monoisotopic (exact) mass is 202 g/mol. The fraction of sp³-hybridized carbons (Fsp3) is 0.750. The second-order valence-electron chi connectivity index (χ2n) is 3.76. The third-order valence-corrected chi connectivity index (χ3v) is 3.73.